The fourth-order valence-electron chi connectivity index (χ4n) is 2.39. The summed E-state index contributed by atoms with van der Waals surface area (Å²) >= 11 is 0. The highest BCUT2D eigenvalue weighted by atomic mass is 16.5. The van der Waals surface area contributed by atoms with Crippen molar-refractivity contribution in [2.45, 2.75) is 19.9 Å². The molecule has 0 spiro atoms. The normalized spacial score (nSPS) is 12.5. The molecule has 4 nitrogen and oxygen atoms in total. The standard InChI is InChI=1S/C15H21N3O/c1-10-6-7-12(14(19-5)11(10)2)13(16-3)15-17-8-9-18(15)4/h6-9,13,16H,1-5H3. The van der Waals surface area contributed by atoms with Crippen LogP contribution in [-0.2, 0) is 7.05 Å². The second kappa shape index (κ2) is 5.45. The predicted molar refractivity (Wildman–Crippen MR) is 76.6 cm³/mol. The van der Waals surface area contributed by atoms with Crippen molar-refractivity contribution in [1.82, 2.24) is 14.9 Å². The quantitative estimate of drug-likeness (QED) is 0.916. The van der Waals surface area contributed by atoms with Crippen LogP contribution in [0.25, 0.3) is 0 Å². The van der Waals surface area contributed by atoms with Gasteiger partial charge in [-0.05, 0) is 32.0 Å². The van der Waals surface area contributed by atoms with Gasteiger partial charge in [0.05, 0.1) is 13.2 Å². The number of nitrogens with zero attached hydrogens (tertiary/aromatic N) is 2. The van der Waals surface area contributed by atoms with E-state index >= 15 is 0 Å². The highest BCUT2D eigenvalue weighted by Crippen LogP contribution is 2.33. The lowest BCUT2D eigenvalue weighted by molar-refractivity contribution is 0.400. The summed E-state index contributed by atoms with van der Waals surface area (Å²) in [6.07, 6.45) is 3.76. The Morgan fingerprint density at radius 1 is 1.32 bits per heavy atom. The van der Waals surface area contributed by atoms with Crippen molar-refractivity contribution in [1.29, 1.82) is 0 Å². The van der Waals surface area contributed by atoms with Crippen molar-refractivity contribution in [3.8, 4) is 5.75 Å². The van der Waals surface area contributed by atoms with Gasteiger partial charge >= 0.3 is 0 Å². The fourth-order valence-corrected chi connectivity index (χ4v) is 2.39. The molecule has 19 heavy (non-hydrogen) atoms. The molecule has 1 aromatic heterocycles. The topological polar surface area (TPSA) is 39.1 Å². The van der Waals surface area contributed by atoms with Crippen molar-refractivity contribution in [2.24, 2.45) is 7.05 Å². The maximum Gasteiger partial charge on any atom is 0.130 e. The third-order valence-corrected chi connectivity index (χ3v) is 3.63. The highest BCUT2D eigenvalue weighted by Gasteiger charge is 2.21. The van der Waals surface area contributed by atoms with E-state index in [4.69, 9.17) is 4.74 Å². The lowest BCUT2D eigenvalue weighted by Crippen LogP contribution is -2.22. The lowest BCUT2D eigenvalue weighted by Gasteiger charge is -2.21. The molecule has 0 saturated carbocycles. The Labute approximate surface area is 114 Å². The Balaban J connectivity index is 2.56. The summed E-state index contributed by atoms with van der Waals surface area (Å²) in [5, 5.41) is 3.32. The molecule has 102 valence electrons. The summed E-state index contributed by atoms with van der Waals surface area (Å²) < 4.78 is 7.62. The number of hydrogen-bond acceptors (Lipinski definition) is 3. The summed E-state index contributed by atoms with van der Waals surface area (Å²) in [6.45, 7) is 4.18. The summed E-state index contributed by atoms with van der Waals surface area (Å²) in [5.41, 5.74) is 3.52. The molecule has 1 N–H and O–H groups in total. The molecule has 4 heteroatoms. The van der Waals surface area contributed by atoms with Gasteiger partial charge in [0.15, 0.2) is 0 Å². The van der Waals surface area contributed by atoms with Crippen LogP contribution < -0.4 is 10.1 Å². The second-order valence-electron chi connectivity index (χ2n) is 4.75. The lowest BCUT2D eigenvalue weighted by atomic mass is 9.98. The van der Waals surface area contributed by atoms with Gasteiger partial charge < -0.3 is 14.6 Å². The summed E-state index contributed by atoms with van der Waals surface area (Å²) in [5.74, 6) is 1.91. The first-order valence-electron chi connectivity index (χ1n) is 6.38. The highest BCUT2D eigenvalue weighted by molar-refractivity contribution is 5.48. The van der Waals surface area contributed by atoms with E-state index < -0.39 is 0 Å². The van der Waals surface area contributed by atoms with E-state index in [-0.39, 0.29) is 6.04 Å². The van der Waals surface area contributed by atoms with E-state index in [1.165, 1.54) is 11.1 Å². The average molecular weight is 259 g/mol. The van der Waals surface area contributed by atoms with E-state index in [1.807, 2.05) is 31.1 Å². The van der Waals surface area contributed by atoms with Gasteiger partial charge in [-0.25, -0.2) is 4.98 Å². The third kappa shape index (κ3) is 2.36. The summed E-state index contributed by atoms with van der Waals surface area (Å²) in [4.78, 5) is 4.44. The third-order valence-electron chi connectivity index (χ3n) is 3.63. The molecule has 0 saturated heterocycles. The first-order chi connectivity index (χ1) is 9.10. The molecule has 1 heterocycles. The fraction of sp³-hybridized carbons (Fsp3) is 0.400. The minimum Gasteiger partial charge on any atom is -0.496 e. The maximum absolute atomic E-state index is 5.60. The van der Waals surface area contributed by atoms with Gasteiger partial charge in [0.2, 0.25) is 0 Å². The number of benzene rings is 1. The van der Waals surface area contributed by atoms with E-state index in [1.54, 1.807) is 7.11 Å². The Bertz CT molecular complexity index is 575. The molecular formula is C15H21N3O. The minimum atomic E-state index is 0.0225. The maximum atomic E-state index is 5.60. The van der Waals surface area contributed by atoms with Crippen LogP contribution in [0.5, 0.6) is 5.75 Å². The van der Waals surface area contributed by atoms with Crippen molar-refractivity contribution in [3.05, 3.63) is 47.0 Å². The molecule has 0 aliphatic heterocycles. The molecule has 1 atom stereocenters. The number of ether oxygens (including phenoxy) is 1. The van der Waals surface area contributed by atoms with Gasteiger partial charge in [0.25, 0.3) is 0 Å². The molecular weight excluding hydrogens is 238 g/mol. The van der Waals surface area contributed by atoms with Gasteiger partial charge in [-0.1, -0.05) is 12.1 Å². The predicted octanol–water partition coefficient (Wildman–Crippen LogP) is 2.35. The zero-order valence-corrected chi connectivity index (χ0v) is 12.2. The van der Waals surface area contributed by atoms with Crippen LogP contribution in [0.4, 0.5) is 0 Å². The van der Waals surface area contributed by atoms with Crippen LogP contribution in [0.2, 0.25) is 0 Å². The van der Waals surface area contributed by atoms with Gasteiger partial charge in [-0.2, -0.15) is 0 Å². The number of imidazole rings is 1. The Kier molecular flexibility index (Phi) is 3.90. The number of nitrogens with one attached hydrogen (secondary N) is 1. The summed E-state index contributed by atoms with van der Waals surface area (Å²) in [7, 11) is 5.66. The van der Waals surface area contributed by atoms with Gasteiger partial charge in [-0.3, -0.25) is 0 Å². The largest absolute Gasteiger partial charge is 0.496 e. The average Bonchev–Trinajstić information content (AvgIpc) is 2.81. The molecule has 1 unspecified atom stereocenters. The number of hydrogen-bond donors (Lipinski definition) is 1. The molecule has 0 bridgehead atoms. The SMILES string of the molecule is CNC(c1ccc(C)c(C)c1OC)c1nccn1C. The number of aryl methyl sites for hydroxylation is 2. The number of methoxy groups -OCH3 is 1. The Morgan fingerprint density at radius 2 is 2.05 bits per heavy atom. The number of aromatic nitrogens is 2. The van der Waals surface area contributed by atoms with Crippen LogP contribution in [-0.4, -0.2) is 23.7 Å². The zero-order chi connectivity index (χ0) is 14.0. The van der Waals surface area contributed by atoms with Crippen LogP contribution in [0.3, 0.4) is 0 Å². The van der Waals surface area contributed by atoms with Gasteiger partial charge in [0.1, 0.15) is 11.6 Å². The van der Waals surface area contributed by atoms with E-state index in [0.29, 0.717) is 0 Å². The molecule has 2 aromatic rings. The first-order valence-corrected chi connectivity index (χ1v) is 6.38. The van der Waals surface area contributed by atoms with Crippen LogP contribution in [0.15, 0.2) is 24.5 Å². The Hall–Kier alpha value is -1.81. The molecule has 0 aliphatic rings. The minimum absolute atomic E-state index is 0.0225. The molecule has 0 fully saturated rings. The zero-order valence-electron chi connectivity index (χ0n) is 12.2. The molecule has 0 amide bonds. The van der Waals surface area contributed by atoms with Gasteiger partial charge in [-0.15, -0.1) is 0 Å². The van der Waals surface area contributed by atoms with E-state index in [0.717, 1.165) is 17.1 Å². The number of rotatable bonds is 4. The second-order valence-corrected chi connectivity index (χ2v) is 4.75. The molecule has 2 rings (SSSR count). The van der Waals surface area contributed by atoms with Crippen molar-refractivity contribution < 1.29 is 4.74 Å². The van der Waals surface area contributed by atoms with Crippen molar-refractivity contribution >= 4 is 0 Å². The van der Waals surface area contributed by atoms with Crippen LogP contribution in [0.1, 0.15) is 28.6 Å². The van der Waals surface area contributed by atoms with Gasteiger partial charge in [0, 0.05) is 25.0 Å². The van der Waals surface area contributed by atoms with E-state index in [9.17, 15) is 0 Å². The Morgan fingerprint density at radius 3 is 2.58 bits per heavy atom. The monoisotopic (exact) mass is 259 g/mol. The smallest absolute Gasteiger partial charge is 0.130 e. The first kappa shape index (κ1) is 13.6. The van der Waals surface area contributed by atoms with E-state index in [2.05, 4.69) is 36.3 Å². The van der Waals surface area contributed by atoms with Crippen LogP contribution >= 0.6 is 0 Å². The van der Waals surface area contributed by atoms with Crippen molar-refractivity contribution in [2.75, 3.05) is 14.2 Å². The summed E-state index contributed by atoms with van der Waals surface area (Å²) in [6, 6.07) is 4.26. The molecule has 1 aromatic carbocycles. The van der Waals surface area contributed by atoms with Crippen LogP contribution in [0, 0.1) is 13.8 Å². The molecule has 0 aliphatic carbocycles. The van der Waals surface area contributed by atoms with Crippen molar-refractivity contribution in [3.63, 3.8) is 0 Å². The molecule has 0 radical (unpaired) electrons.